The molecule has 0 aromatic carbocycles. The van der Waals surface area contributed by atoms with Crippen LogP contribution in [-0.2, 0) is 4.74 Å². The maximum Gasteiger partial charge on any atom is 0.0471 e. The summed E-state index contributed by atoms with van der Waals surface area (Å²) in [5.41, 5.74) is 6.32. The Kier molecular flexibility index (Phi) is 5.62. The van der Waals surface area contributed by atoms with Gasteiger partial charge < -0.3 is 10.5 Å². The fraction of sp³-hybridized carbons (Fsp3) is 1.00. The van der Waals surface area contributed by atoms with Gasteiger partial charge in [-0.3, -0.25) is 0 Å². The fourth-order valence-electron chi connectivity index (χ4n) is 2.65. The summed E-state index contributed by atoms with van der Waals surface area (Å²) in [5.74, 6) is 0.865. The lowest BCUT2D eigenvalue weighted by Gasteiger charge is -2.27. The molecule has 0 aliphatic heterocycles. The molecule has 0 aromatic heterocycles. The van der Waals surface area contributed by atoms with Gasteiger partial charge in [0.25, 0.3) is 0 Å². The summed E-state index contributed by atoms with van der Waals surface area (Å²) >= 11 is 0. The number of nitrogens with two attached hydrogens (primary N) is 1. The Balaban J connectivity index is 2.17. The molecular weight excluding hydrogens is 186 g/mol. The quantitative estimate of drug-likeness (QED) is 0.660. The molecule has 2 heteroatoms. The van der Waals surface area contributed by atoms with Crippen LogP contribution in [0.2, 0.25) is 0 Å². The Hall–Kier alpha value is -0.0800. The molecule has 90 valence electrons. The van der Waals surface area contributed by atoms with Crippen LogP contribution in [0.15, 0.2) is 0 Å². The Bertz CT molecular complexity index is 172. The van der Waals surface area contributed by atoms with Gasteiger partial charge in [0.2, 0.25) is 0 Å². The second-order valence-corrected chi connectivity index (χ2v) is 5.27. The minimum atomic E-state index is 0.408. The molecule has 0 aromatic rings. The average molecular weight is 213 g/mol. The molecule has 1 saturated carbocycles. The molecule has 1 aliphatic rings. The molecule has 2 nitrogen and oxygen atoms in total. The van der Waals surface area contributed by atoms with E-state index in [4.69, 9.17) is 10.5 Å². The Morgan fingerprint density at radius 2 is 2.20 bits per heavy atom. The second kappa shape index (κ2) is 6.49. The molecule has 0 amide bonds. The number of ether oxygens (including phenoxy) is 1. The molecule has 2 N–H and O–H groups in total. The summed E-state index contributed by atoms with van der Waals surface area (Å²) in [4.78, 5) is 0. The standard InChI is InChI=1S/C13H27NO/c1-3-4-8-15-9-7-13(11-14)6-5-12(2)10-13/h12H,3-11,14H2,1-2H3. The van der Waals surface area contributed by atoms with Crippen molar-refractivity contribution in [3.63, 3.8) is 0 Å². The van der Waals surface area contributed by atoms with Gasteiger partial charge in [-0.05, 0) is 43.6 Å². The van der Waals surface area contributed by atoms with E-state index in [0.29, 0.717) is 5.41 Å². The summed E-state index contributed by atoms with van der Waals surface area (Å²) in [7, 11) is 0. The number of unbranched alkanes of at least 4 members (excludes halogenated alkanes) is 1. The highest BCUT2D eigenvalue weighted by Gasteiger charge is 2.35. The summed E-state index contributed by atoms with van der Waals surface area (Å²) in [6.45, 7) is 7.21. The smallest absolute Gasteiger partial charge is 0.0471 e. The maximum atomic E-state index is 5.92. The van der Waals surface area contributed by atoms with Gasteiger partial charge in [0.15, 0.2) is 0 Å². The third-order valence-electron chi connectivity index (χ3n) is 3.80. The van der Waals surface area contributed by atoms with Crippen LogP contribution in [0.5, 0.6) is 0 Å². The topological polar surface area (TPSA) is 35.2 Å². The summed E-state index contributed by atoms with van der Waals surface area (Å²) in [6.07, 6.45) is 7.54. The molecule has 0 radical (unpaired) electrons. The van der Waals surface area contributed by atoms with E-state index in [2.05, 4.69) is 13.8 Å². The second-order valence-electron chi connectivity index (χ2n) is 5.27. The van der Waals surface area contributed by atoms with Crippen LogP contribution in [0.3, 0.4) is 0 Å². The van der Waals surface area contributed by atoms with Crippen molar-refractivity contribution in [1.82, 2.24) is 0 Å². The monoisotopic (exact) mass is 213 g/mol. The predicted octanol–water partition coefficient (Wildman–Crippen LogP) is 2.96. The van der Waals surface area contributed by atoms with Crippen LogP contribution in [0.25, 0.3) is 0 Å². The van der Waals surface area contributed by atoms with Crippen LogP contribution in [0.4, 0.5) is 0 Å². The van der Waals surface area contributed by atoms with Crippen molar-refractivity contribution in [3.05, 3.63) is 0 Å². The summed E-state index contributed by atoms with van der Waals surface area (Å²) < 4.78 is 5.64. The Morgan fingerprint density at radius 3 is 2.73 bits per heavy atom. The highest BCUT2D eigenvalue weighted by atomic mass is 16.5. The molecule has 2 atom stereocenters. The molecule has 15 heavy (non-hydrogen) atoms. The Morgan fingerprint density at radius 1 is 1.40 bits per heavy atom. The number of hydrogen-bond acceptors (Lipinski definition) is 2. The Labute approximate surface area is 94.6 Å². The van der Waals surface area contributed by atoms with E-state index in [9.17, 15) is 0 Å². The molecular formula is C13H27NO. The summed E-state index contributed by atoms with van der Waals surface area (Å²) in [6, 6.07) is 0. The molecule has 1 fully saturated rings. The molecule has 0 bridgehead atoms. The van der Waals surface area contributed by atoms with Gasteiger partial charge in [-0.15, -0.1) is 0 Å². The molecule has 0 spiro atoms. The molecule has 1 rings (SSSR count). The van der Waals surface area contributed by atoms with Crippen LogP contribution in [0, 0.1) is 11.3 Å². The minimum absolute atomic E-state index is 0.408. The normalized spacial score (nSPS) is 31.0. The van der Waals surface area contributed by atoms with Crippen molar-refractivity contribution in [1.29, 1.82) is 0 Å². The van der Waals surface area contributed by atoms with Gasteiger partial charge in [0.05, 0.1) is 0 Å². The van der Waals surface area contributed by atoms with E-state index >= 15 is 0 Å². The molecule has 1 aliphatic carbocycles. The highest BCUT2D eigenvalue weighted by molar-refractivity contribution is 4.88. The first kappa shape index (κ1) is 13.0. The zero-order chi connectivity index (χ0) is 11.1. The van der Waals surface area contributed by atoms with E-state index in [1.54, 1.807) is 0 Å². The van der Waals surface area contributed by atoms with Gasteiger partial charge in [0, 0.05) is 13.2 Å². The zero-order valence-electron chi connectivity index (χ0n) is 10.4. The molecule has 0 heterocycles. The third kappa shape index (κ3) is 4.12. The van der Waals surface area contributed by atoms with E-state index in [0.717, 1.165) is 32.1 Å². The predicted molar refractivity (Wildman–Crippen MR) is 64.8 cm³/mol. The van der Waals surface area contributed by atoms with Crippen molar-refractivity contribution in [2.24, 2.45) is 17.1 Å². The van der Waals surface area contributed by atoms with E-state index in [1.807, 2.05) is 0 Å². The van der Waals surface area contributed by atoms with Gasteiger partial charge in [-0.2, -0.15) is 0 Å². The van der Waals surface area contributed by atoms with Crippen molar-refractivity contribution >= 4 is 0 Å². The third-order valence-corrected chi connectivity index (χ3v) is 3.80. The average Bonchev–Trinajstić information content (AvgIpc) is 2.61. The zero-order valence-corrected chi connectivity index (χ0v) is 10.4. The van der Waals surface area contributed by atoms with Crippen LogP contribution < -0.4 is 5.73 Å². The van der Waals surface area contributed by atoms with E-state index in [1.165, 1.54) is 32.1 Å². The van der Waals surface area contributed by atoms with Crippen molar-refractivity contribution in [3.8, 4) is 0 Å². The molecule has 2 unspecified atom stereocenters. The van der Waals surface area contributed by atoms with Crippen molar-refractivity contribution in [2.75, 3.05) is 19.8 Å². The lowest BCUT2D eigenvalue weighted by atomic mass is 9.82. The first-order chi connectivity index (χ1) is 7.22. The first-order valence-corrected chi connectivity index (χ1v) is 6.50. The SMILES string of the molecule is CCCCOCCC1(CN)CCC(C)C1. The van der Waals surface area contributed by atoms with Gasteiger partial charge in [-0.25, -0.2) is 0 Å². The summed E-state index contributed by atoms with van der Waals surface area (Å²) in [5, 5.41) is 0. The lowest BCUT2D eigenvalue weighted by Crippen LogP contribution is -2.29. The number of hydrogen-bond donors (Lipinski definition) is 1. The molecule has 0 saturated heterocycles. The van der Waals surface area contributed by atoms with Gasteiger partial charge >= 0.3 is 0 Å². The first-order valence-electron chi connectivity index (χ1n) is 6.50. The fourth-order valence-corrected chi connectivity index (χ4v) is 2.65. The highest BCUT2D eigenvalue weighted by Crippen LogP contribution is 2.43. The van der Waals surface area contributed by atoms with Crippen LogP contribution >= 0.6 is 0 Å². The minimum Gasteiger partial charge on any atom is -0.381 e. The lowest BCUT2D eigenvalue weighted by molar-refractivity contribution is 0.0939. The van der Waals surface area contributed by atoms with E-state index < -0.39 is 0 Å². The van der Waals surface area contributed by atoms with Gasteiger partial charge in [-0.1, -0.05) is 26.7 Å². The van der Waals surface area contributed by atoms with Crippen molar-refractivity contribution in [2.45, 2.75) is 52.4 Å². The van der Waals surface area contributed by atoms with Gasteiger partial charge in [0.1, 0.15) is 0 Å². The maximum absolute atomic E-state index is 5.92. The largest absolute Gasteiger partial charge is 0.381 e. The van der Waals surface area contributed by atoms with Crippen molar-refractivity contribution < 1.29 is 4.74 Å². The van der Waals surface area contributed by atoms with Crippen LogP contribution in [-0.4, -0.2) is 19.8 Å². The van der Waals surface area contributed by atoms with Crippen LogP contribution in [0.1, 0.15) is 52.4 Å². The number of rotatable bonds is 7. The van der Waals surface area contributed by atoms with E-state index in [-0.39, 0.29) is 0 Å².